The molecule has 2 atom stereocenters. The zero-order valence-electron chi connectivity index (χ0n) is 11.7. The van der Waals surface area contributed by atoms with Crippen molar-refractivity contribution in [1.82, 2.24) is 10.0 Å². The molecule has 0 amide bonds. The van der Waals surface area contributed by atoms with Crippen molar-refractivity contribution in [2.75, 3.05) is 13.6 Å². The molecule has 4 nitrogen and oxygen atoms in total. The first-order valence-electron chi connectivity index (χ1n) is 6.19. The molecule has 0 saturated heterocycles. The normalized spacial score (nSPS) is 15.2. The van der Waals surface area contributed by atoms with E-state index in [0.29, 0.717) is 17.7 Å². The Labute approximate surface area is 114 Å². The highest BCUT2D eigenvalue weighted by atomic mass is 32.2. The Morgan fingerprint density at radius 1 is 1.32 bits per heavy atom. The molecule has 6 heteroatoms. The Morgan fingerprint density at radius 3 is 2.47 bits per heavy atom. The summed E-state index contributed by atoms with van der Waals surface area (Å²) < 4.78 is 40.1. The first kappa shape index (κ1) is 16.1. The summed E-state index contributed by atoms with van der Waals surface area (Å²) in [5.74, 6) is -0.327. The lowest BCUT2D eigenvalue weighted by Gasteiger charge is -2.19. The summed E-state index contributed by atoms with van der Waals surface area (Å²) in [5, 5.41) is 2.28. The fourth-order valence-electron chi connectivity index (χ4n) is 1.71. The molecule has 0 bridgehead atoms. The second-order valence-corrected chi connectivity index (χ2v) is 6.89. The quantitative estimate of drug-likeness (QED) is 0.838. The molecule has 1 aromatic carbocycles. The van der Waals surface area contributed by atoms with Crippen molar-refractivity contribution in [3.05, 3.63) is 35.1 Å². The third-order valence-corrected chi connectivity index (χ3v) is 4.97. The Bertz CT molecular complexity index is 531. The molecule has 0 aliphatic carbocycles. The van der Waals surface area contributed by atoms with Gasteiger partial charge in [0.15, 0.2) is 0 Å². The number of rotatable bonds is 6. The van der Waals surface area contributed by atoms with Crippen LogP contribution in [0.2, 0.25) is 0 Å². The molecule has 2 N–H and O–H groups in total. The van der Waals surface area contributed by atoms with E-state index in [0.717, 1.165) is 0 Å². The highest BCUT2D eigenvalue weighted by Crippen LogP contribution is 2.17. The molecule has 0 fully saturated rings. The van der Waals surface area contributed by atoms with E-state index in [1.807, 2.05) is 0 Å². The number of aryl methyl sites for hydroxylation is 1. The summed E-state index contributed by atoms with van der Waals surface area (Å²) in [6, 6.07) is 4.28. The summed E-state index contributed by atoms with van der Waals surface area (Å²) in [5.41, 5.74) is 1.16. The van der Waals surface area contributed by atoms with E-state index < -0.39 is 21.3 Å². The zero-order chi connectivity index (χ0) is 14.6. The van der Waals surface area contributed by atoms with Crippen molar-refractivity contribution >= 4 is 10.0 Å². The van der Waals surface area contributed by atoms with Gasteiger partial charge in [-0.05, 0) is 45.0 Å². The van der Waals surface area contributed by atoms with Crippen molar-refractivity contribution in [1.29, 1.82) is 0 Å². The minimum Gasteiger partial charge on any atom is -0.318 e. The smallest absolute Gasteiger partial charge is 0.216 e. The third-order valence-electron chi connectivity index (χ3n) is 3.06. The van der Waals surface area contributed by atoms with Gasteiger partial charge < -0.3 is 5.32 Å². The Hall–Kier alpha value is -0.980. The van der Waals surface area contributed by atoms with E-state index >= 15 is 0 Å². The fourth-order valence-corrected chi connectivity index (χ4v) is 2.95. The van der Waals surface area contributed by atoms with Crippen molar-refractivity contribution in [2.24, 2.45) is 0 Å². The number of halogens is 1. The maximum absolute atomic E-state index is 13.5. The fraction of sp³-hybridized carbons (Fsp3) is 0.538. The minimum absolute atomic E-state index is 0.327. The molecule has 0 aliphatic heterocycles. The van der Waals surface area contributed by atoms with Crippen LogP contribution in [0, 0.1) is 12.7 Å². The number of nitrogens with one attached hydrogen (secondary N) is 2. The number of benzene rings is 1. The SMILES string of the molecule is CNCC(C)S(=O)(=O)NC(C)c1ccc(C)c(F)c1. The molecule has 0 heterocycles. The lowest BCUT2D eigenvalue weighted by atomic mass is 10.1. The minimum atomic E-state index is -3.43. The third kappa shape index (κ3) is 4.26. The molecule has 0 radical (unpaired) electrons. The van der Waals surface area contributed by atoms with Crippen LogP contribution in [0.3, 0.4) is 0 Å². The second-order valence-electron chi connectivity index (χ2n) is 4.76. The van der Waals surface area contributed by atoms with E-state index in [1.165, 1.54) is 6.07 Å². The van der Waals surface area contributed by atoms with E-state index in [9.17, 15) is 12.8 Å². The van der Waals surface area contributed by atoms with Crippen LogP contribution in [-0.2, 0) is 10.0 Å². The van der Waals surface area contributed by atoms with Crippen LogP contribution in [0.4, 0.5) is 4.39 Å². The zero-order valence-corrected chi connectivity index (χ0v) is 12.5. The Kier molecular flexibility index (Phi) is 5.46. The van der Waals surface area contributed by atoms with E-state index in [-0.39, 0.29) is 5.82 Å². The lowest BCUT2D eigenvalue weighted by molar-refractivity contribution is 0.548. The van der Waals surface area contributed by atoms with Crippen LogP contribution in [0.1, 0.15) is 31.0 Å². The van der Waals surface area contributed by atoms with Crippen LogP contribution >= 0.6 is 0 Å². The molecule has 1 aromatic rings. The van der Waals surface area contributed by atoms with Gasteiger partial charge in [-0.1, -0.05) is 12.1 Å². The first-order chi connectivity index (χ1) is 8.77. The monoisotopic (exact) mass is 288 g/mol. The van der Waals surface area contributed by atoms with Gasteiger partial charge in [0.1, 0.15) is 5.82 Å². The van der Waals surface area contributed by atoms with Crippen molar-refractivity contribution < 1.29 is 12.8 Å². The van der Waals surface area contributed by atoms with Crippen LogP contribution in [0.25, 0.3) is 0 Å². The van der Waals surface area contributed by atoms with Gasteiger partial charge in [0.05, 0.1) is 5.25 Å². The van der Waals surface area contributed by atoms with Crippen molar-refractivity contribution in [3.63, 3.8) is 0 Å². The van der Waals surface area contributed by atoms with E-state index in [4.69, 9.17) is 0 Å². The maximum atomic E-state index is 13.5. The van der Waals surface area contributed by atoms with Crippen LogP contribution < -0.4 is 10.0 Å². The molecule has 2 unspecified atom stereocenters. The topological polar surface area (TPSA) is 58.2 Å². The average molecular weight is 288 g/mol. The van der Waals surface area contributed by atoms with Gasteiger partial charge in [-0.25, -0.2) is 17.5 Å². The number of sulfonamides is 1. The summed E-state index contributed by atoms with van der Waals surface area (Å²) >= 11 is 0. The van der Waals surface area contributed by atoms with E-state index in [2.05, 4.69) is 10.0 Å². The van der Waals surface area contributed by atoms with Crippen LogP contribution in [0.15, 0.2) is 18.2 Å². The van der Waals surface area contributed by atoms with Crippen LogP contribution in [-0.4, -0.2) is 27.3 Å². The van der Waals surface area contributed by atoms with Gasteiger partial charge in [-0.15, -0.1) is 0 Å². The number of hydrogen-bond donors (Lipinski definition) is 2. The summed E-state index contributed by atoms with van der Waals surface area (Å²) in [6.45, 7) is 5.36. The van der Waals surface area contributed by atoms with E-state index in [1.54, 1.807) is 40.0 Å². The molecule has 0 aromatic heterocycles. The highest BCUT2D eigenvalue weighted by molar-refractivity contribution is 7.90. The molecule has 0 spiro atoms. The van der Waals surface area contributed by atoms with Gasteiger partial charge in [0, 0.05) is 12.6 Å². The Balaban J connectivity index is 2.84. The summed E-state index contributed by atoms with van der Waals surface area (Å²) in [7, 11) is -1.73. The van der Waals surface area contributed by atoms with Gasteiger partial charge in [-0.2, -0.15) is 0 Å². The molecule has 0 saturated carbocycles. The second kappa shape index (κ2) is 6.45. The van der Waals surface area contributed by atoms with Gasteiger partial charge >= 0.3 is 0 Å². The highest BCUT2D eigenvalue weighted by Gasteiger charge is 2.22. The summed E-state index contributed by atoms with van der Waals surface area (Å²) in [6.07, 6.45) is 0. The number of hydrogen-bond acceptors (Lipinski definition) is 3. The summed E-state index contributed by atoms with van der Waals surface area (Å²) in [4.78, 5) is 0. The molecule has 1 rings (SSSR count). The maximum Gasteiger partial charge on any atom is 0.216 e. The largest absolute Gasteiger partial charge is 0.318 e. The first-order valence-corrected chi connectivity index (χ1v) is 7.74. The molecule has 108 valence electrons. The molecule has 0 aliphatic rings. The predicted octanol–water partition coefficient (Wildman–Crippen LogP) is 1.72. The molecular formula is C13H21FN2O2S. The lowest BCUT2D eigenvalue weighted by Crippen LogP contribution is -2.39. The van der Waals surface area contributed by atoms with Gasteiger partial charge in [0.2, 0.25) is 10.0 Å². The standard InChI is InChI=1S/C13H21FN2O2S/c1-9-5-6-12(7-13(9)14)11(3)16-19(17,18)10(2)8-15-4/h5-7,10-11,15-16H,8H2,1-4H3. The Morgan fingerprint density at radius 2 is 1.95 bits per heavy atom. The van der Waals surface area contributed by atoms with Crippen molar-refractivity contribution in [2.45, 2.75) is 32.1 Å². The predicted molar refractivity (Wildman–Crippen MR) is 75.0 cm³/mol. The average Bonchev–Trinajstić information content (AvgIpc) is 2.32. The molecule has 19 heavy (non-hydrogen) atoms. The van der Waals surface area contributed by atoms with Crippen LogP contribution in [0.5, 0.6) is 0 Å². The van der Waals surface area contributed by atoms with Crippen molar-refractivity contribution in [3.8, 4) is 0 Å². The van der Waals surface area contributed by atoms with Gasteiger partial charge in [0.25, 0.3) is 0 Å². The van der Waals surface area contributed by atoms with Gasteiger partial charge in [-0.3, -0.25) is 0 Å². The molecular weight excluding hydrogens is 267 g/mol.